The molecule has 0 aliphatic rings. The highest BCUT2D eigenvalue weighted by Gasteiger charge is 2.05. The van der Waals surface area contributed by atoms with Crippen molar-refractivity contribution in [3.05, 3.63) is 58.3 Å². The molecule has 1 atom stereocenters. The van der Waals surface area contributed by atoms with Crippen LogP contribution in [0.25, 0.3) is 0 Å². The molecule has 0 aliphatic heterocycles. The number of benzene rings is 1. The van der Waals surface area contributed by atoms with Gasteiger partial charge in [-0.3, -0.25) is 4.99 Å². The second kappa shape index (κ2) is 13.1. The van der Waals surface area contributed by atoms with Crippen LogP contribution >= 0.6 is 35.3 Å². The van der Waals surface area contributed by atoms with Gasteiger partial charge < -0.3 is 15.4 Å². The van der Waals surface area contributed by atoms with E-state index >= 15 is 0 Å². The van der Waals surface area contributed by atoms with Crippen molar-refractivity contribution in [2.24, 2.45) is 10.9 Å². The van der Waals surface area contributed by atoms with E-state index in [1.54, 1.807) is 18.4 Å². The van der Waals surface area contributed by atoms with Crippen LogP contribution in [0.15, 0.2) is 52.8 Å². The molecule has 0 bridgehead atoms. The molecule has 25 heavy (non-hydrogen) atoms. The Kier molecular flexibility index (Phi) is 11.5. The van der Waals surface area contributed by atoms with Crippen LogP contribution in [0.5, 0.6) is 0 Å². The van der Waals surface area contributed by atoms with Crippen LogP contribution < -0.4 is 10.6 Å². The van der Waals surface area contributed by atoms with Gasteiger partial charge in [0.05, 0.1) is 13.2 Å². The Morgan fingerprint density at radius 1 is 1.16 bits per heavy atom. The lowest BCUT2D eigenvalue weighted by Crippen LogP contribution is -2.40. The SMILES string of the molecule is CN=C(NCCc1cccs1)NCC(C)COCc1ccccc1.I. The second-order valence-corrected chi connectivity index (χ2v) is 6.85. The molecule has 6 heteroatoms. The number of rotatable bonds is 9. The zero-order chi connectivity index (χ0) is 17.0. The lowest BCUT2D eigenvalue weighted by molar-refractivity contribution is 0.0931. The smallest absolute Gasteiger partial charge is 0.190 e. The second-order valence-electron chi connectivity index (χ2n) is 5.82. The van der Waals surface area contributed by atoms with Gasteiger partial charge in [-0.05, 0) is 29.3 Å². The predicted molar refractivity (Wildman–Crippen MR) is 118 cm³/mol. The topological polar surface area (TPSA) is 45.7 Å². The van der Waals surface area contributed by atoms with E-state index in [2.05, 4.69) is 52.2 Å². The third-order valence-corrected chi connectivity index (χ3v) is 4.54. The predicted octanol–water partition coefficient (Wildman–Crippen LogP) is 3.93. The average molecular weight is 473 g/mol. The fourth-order valence-corrected chi connectivity index (χ4v) is 2.97. The van der Waals surface area contributed by atoms with Crippen molar-refractivity contribution in [2.45, 2.75) is 20.0 Å². The monoisotopic (exact) mass is 473 g/mol. The van der Waals surface area contributed by atoms with Gasteiger partial charge >= 0.3 is 0 Å². The van der Waals surface area contributed by atoms with Gasteiger partial charge in [-0.1, -0.05) is 43.3 Å². The number of hydrogen-bond acceptors (Lipinski definition) is 3. The first-order chi connectivity index (χ1) is 11.8. The first-order valence-electron chi connectivity index (χ1n) is 8.36. The molecule has 138 valence electrons. The Morgan fingerprint density at radius 3 is 2.64 bits per heavy atom. The number of nitrogens with one attached hydrogen (secondary N) is 2. The van der Waals surface area contributed by atoms with Crippen molar-refractivity contribution < 1.29 is 4.74 Å². The van der Waals surface area contributed by atoms with E-state index in [0.717, 1.165) is 32.1 Å². The fraction of sp³-hybridized carbons (Fsp3) is 0.421. The zero-order valence-electron chi connectivity index (χ0n) is 14.9. The van der Waals surface area contributed by atoms with Gasteiger partial charge in [0.25, 0.3) is 0 Å². The maximum absolute atomic E-state index is 5.78. The molecular weight excluding hydrogens is 445 g/mol. The van der Waals surface area contributed by atoms with E-state index in [9.17, 15) is 0 Å². The van der Waals surface area contributed by atoms with Crippen molar-refractivity contribution in [3.8, 4) is 0 Å². The van der Waals surface area contributed by atoms with Crippen LogP contribution in [0.3, 0.4) is 0 Å². The van der Waals surface area contributed by atoms with Gasteiger partial charge in [0.15, 0.2) is 5.96 Å². The van der Waals surface area contributed by atoms with Crippen LogP contribution in [0.1, 0.15) is 17.4 Å². The minimum Gasteiger partial charge on any atom is -0.376 e. The van der Waals surface area contributed by atoms with Crippen molar-refractivity contribution >= 4 is 41.3 Å². The minimum absolute atomic E-state index is 0. The van der Waals surface area contributed by atoms with Crippen LogP contribution in [0, 0.1) is 5.92 Å². The number of thiophene rings is 1. The Morgan fingerprint density at radius 2 is 1.96 bits per heavy atom. The lowest BCUT2D eigenvalue weighted by Gasteiger charge is -2.16. The van der Waals surface area contributed by atoms with Crippen molar-refractivity contribution in [1.29, 1.82) is 0 Å². The van der Waals surface area contributed by atoms with Crippen molar-refractivity contribution in [2.75, 3.05) is 26.7 Å². The number of hydrogen-bond donors (Lipinski definition) is 2. The molecule has 0 saturated carbocycles. The summed E-state index contributed by atoms with van der Waals surface area (Å²) in [6.07, 6.45) is 1.02. The molecule has 0 radical (unpaired) electrons. The molecule has 0 spiro atoms. The van der Waals surface area contributed by atoms with Gasteiger partial charge in [0, 0.05) is 25.0 Å². The summed E-state index contributed by atoms with van der Waals surface area (Å²) >= 11 is 1.79. The van der Waals surface area contributed by atoms with Gasteiger partial charge in [0.1, 0.15) is 0 Å². The average Bonchev–Trinajstić information content (AvgIpc) is 3.12. The van der Waals surface area contributed by atoms with Gasteiger partial charge in [-0.2, -0.15) is 0 Å². The van der Waals surface area contributed by atoms with E-state index in [-0.39, 0.29) is 24.0 Å². The molecule has 2 aromatic rings. The molecule has 0 amide bonds. The molecule has 1 aromatic carbocycles. The number of ether oxygens (including phenoxy) is 1. The lowest BCUT2D eigenvalue weighted by atomic mass is 10.2. The summed E-state index contributed by atoms with van der Waals surface area (Å²) in [6.45, 7) is 5.30. The summed E-state index contributed by atoms with van der Waals surface area (Å²) in [6, 6.07) is 14.5. The Labute approximate surface area is 172 Å². The summed E-state index contributed by atoms with van der Waals surface area (Å²) in [4.78, 5) is 5.65. The van der Waals surface area contributed by atoms with E-state index in [1.807, 2.05) is 18.2 Å². The summed E-state index contributed by atoms with van der Waals surface area (Å²) in [5.41, 5.74) is 1.21. The highest BCUT2D eigenvalue weighted by Crippen LogP contribution is 2.08. The molecule has 2 N–H and O–H groups in total. The summed E-state index contributed by atoms with van der Waals surface area (Å²) in [5, 5.41) is 8.82. The maximum atomic E-state index is 5.78. The summed E-state index contributed by atoms with van der Waals surface area (Å²) in [5.74, 6) is 1.27. The Bertz CT molecular complexity index is 590. The van der Waals surface area contributed by atoms with E-state index in [4.69, 9.17) is 4.74 Å². The first-order valence-corrected chi connectivity index (χ1v) is 9.24. The molecule has 1 unspecified atom stereocenters. The maximum Gasteiger partial charge on any atom is 0.190 e. The van der Waals surface area contributed by atoms with Crippen LogP contribution in [0.4, 0.5) is 0 Å². The molecule has 0 aliphatic carbocycles. The molecule has 0 fully saturated rings. The Balaban J connectivity index is 0.00000312. The molecule has 1 heterocycles. The standard InChI is InChI=1S/C19H27N3OS.HI/c1-16(14-23-15-17-7-4-3-5-8-17)13-22-19(20-2)21-11-10-18-9-6-12-24-18;/h3-9,12,16H,10-11,13-15H2,1-2H3,(H2,20,21,22);1H. The number of aliphatic imine (C=N–C) groups is 1. The van der Waals surface area contributed by atoms with Crippen molar-refractivity contribution in [1.82, 2.24) is 10.6 Å². The van der Waals surface area contributed by atoms with Gasteiger partial charge in [0.2, 0.25) is 0 Å². The van der Waals surface area contributed by atoms with E-state index in [0.29, 0.717) is 12.5 Å². The van der Waals surface area contributed by atoms with Crippen LogP contribution in [-0.4, -0.2) is 32.7 Å². The molecule has 2 rings (SSSR count). The summed E-state index contributed by atoms with van der Waals surface area (Å²) < 4.78 is 5.78. The zero-order valence-corrected chi connectivity index (χ0v) is 18.1. The fourth-order valence-electron chi connectivity index (χ4n) is 2.26. The third-order valence-electron chi connectivity index (χ3n) is 3.60. The molecule has 0 saturated heterocycles. The number of guanidine groups is 1. The van der Waals surface area contributed by atoms with Crippen molar-refractivity contribution in [3.63, 3.8) is 0 Å². The van der Waals surface area contributed by atoms with E-state index in [1.165, 1.54) is 10.4 Å². The number of halogens is 1. The van der Waals surface area contributed by atoms with E-state index < -0.39 is 0 Å². The Hall–Kier alpha value is -1.12. The normalized spacial score (nSPS) is 12.3. The van der Waals surface area contributed by atoms with Gasteiger partial charge in [-0.25, -0.2) is 0 Å². The van der Waals surface area contributed by atoms with Gasteiger partial charge in [-0.15, -0.1) is 35.3 Å². The minimum atomic E-state index is 0. The number of nitrogens with zero attached hydrogens (tertiary/aromatic N) is 1. The largest absolute Gasteiger partial charge is 0.376 e. The third kappa shape index (κ3) is 9.23. The first kappa shape index (κ1) is 21.9. The van der Waals surface area contributed by atoms with Crippen LogP contribution in [0.2, 0.25) is 0 Å². The molecule has 1 aromatic heterocycles. The quantitative estimate of drug-likeness (QED) is 0.330. The van der Waals surface area contributed by atoms with Crippen LogP contribution in [-0.2, 0) is 17.8 Å². The highest BCUT2D eigenvalue weighted by molar-refractivity contribution is 14.0. The summed E-state index contributed by atoms with van der Waals surface area (Å²) in [7, 11) is 1.80. The highest BCUT2D eigenvalue weighted by atomic mass is 127. The molecular formula is C19H28IN3OS. The molecule has 4 nitrogen and oxygen atoms in total.